The molecule has 0 unspecified atom stereocenters. The first-order valence-electron chi connectivity index (χ1n) is 6.64. The van der Waals surface area contributed by atoms with Crippen molar-refractivity contribution >= 4 is 21.5 Å². The summed E-state index contributed by atoms with van der Waals surface area (Å²) in [6.45, 7) is 6.00. The Labute approximate surface area is 141 Å². The van der Waals surface area contributed by atoms with E-state index in [-0.39, 0.29) is 21.7 Å². The van der Waals surface area contributed by atoms with Gasteiger partial charge in [0, 0.05) is 0 Å². The minimum Gasteiger partial charge on any atom is -0.168 e. The van der Waals surface area contributed by atoms with E-state index in [0.717, 1.165) is 0 Å². The van der Waals surface area contributed by atoms with Crippen molar-refractivity contribution in [2.45, 2.75) is 0 Å². The van der Waals surface area contributed by atoms with Crippen LogP contribution in [0.15, 0.2) is 98.1 Å². The number of rotatable bonds is 0. The Morgan fingerprint density at radius 1 is 0.571 bits per heavy atom. The number of hydrogen-bond acceptors (Lipinski definition) is 0. The summed E-state index contributed by atoms with van der Waals surface area (Å²) in [6, 6.07) is 29.3. The Morgan fingerprint density at radius 3 is 1.33 bits per heavy atom. The second-order valence-corrected chi connectivity index (χ2v) is 4.31. The minimum atomic E-state index is 0. The van der Waals surface area contributed by atoms with Gasteiger partial charge in [0.25, 0.3) is 0 Å². The Morgan fingerprint density at radius 2 is 0.952 bits per heavy atom. The third kappa shape index (κ3) is 4.56. The van der Waals surface area contributed by atoms with Gasteiger partial charge >= 0.3 is 21.7 Å². The molecule has 1 heteroatoms. The van der Waals surface area contributed by atoms with Crippen LogP contribution in [0.1, 0.15) is 0 Å². The first-order chi connectivity index (χ1) is 9.93. The van der Waals surface area contributed by atoms with Crippen molar-refractivity contribution in [3.8, 4) is 0 Å². The number of hydrogen-bond donors (Lipinski definition) is 0. The van der Waals surface area contributed by atoms with Gasteiger partial charge < -0.3 is 0 Å². The van der Waals surface area contributed by atoms with Gasteiger partial charge in [0.2, 0.25) is 0 Å². The van der Waals surface area contributed by atoms with Crippen molar-refractivity contribution in [3.63, 3.8) is 0 Å². The molecule has 0 saturated carbocycles. The molecule has 0 radical (unpaired) electrons. The SMILES string of the molecule is C=C.[Ti+4].c1ccc2[cH-]ccc2c1.c1ccc2[cH-]ccc2c1. The molecule has 0 amide bonds. The number of benzene rings is 2. The predicted octanol–water partition coefficient (Wildman–Crippen LogP) is 5.92. The average Bonchev–Trinajstić information content (AvgIpc) is 3.18. The quantitative estimate of drug-likeness (QED) is 0.215. The molecule has 0 atom stereocenters. The molecule has 0 spiro atoms. The topological polar surface area (TPSA) is 0 Å². The molecule has 4 aromatic rings. The molecule has 0 N–H and O–H groups in total. The summed E-state index contributed by atoms with van der Waals surface area (Å²) in [5.74, 6) is 0. The molecule has 0 aliphatic carbocycles. The second kappa shape index (κ2) is 9.12. The van der Waals surface area contributed by atoms with E-state index >= 15 is 0 Å². The van der Waals surface area contributed by atoms with Gasteiger partial charge in [-0.2, -0.15) is 35.0 Å². The summed E-state index contributed by atoms with van der Waals surface area (Å²) in [5.41, 5.74) is 0. The largest absolute Gasteiger partial charge is 4.00 e. The van der Waals surface area contributed by atoms with E-state index in [2.05, 4.69) is 98.1 Å². The fourth-order valence-electron chi connectivity index (χ4n) is 2.14. The zero-order chi connectivity index (χ0) is 14.2. The molecule has 0 heterocycles. The molecule has 0 saturated heterocycles. The van der Waals surface area contributed by atoms with Crippen LogP contribution in [0, 0.1) is 0 Å². The van der Waals surface area contributed by atoms with Gasteiger partial charge in [-0.15, -0.1) is 72.5 Å². The van der Waals surface area contributed by atoms with Gasteiger partial charge in [-0.25, -0.2) is 0 Å². The van der Waals surface area contributed by atoms with Gasteiger partial charge in [-0.1, -0.05) is 12.1 Å². The van der Waals surface area contributed by atoms with Crippen LogP contribution in [0.2, 0.25) is 0 Å². The Balaban J connectivity index is 0.000000181. The van der Waals surface area contributed by atoms with Crippen molar-refractivity contribution < 1.29 is 21.7 Å². The van der Waals surface area contributed by atoms with Crippen molar-refractivity contribution in [3.05, 3.63) is 98.1 Å². The van der Waals surface area contributed by atoms with Crippen LogP contribution < -0.4 is 0 Å². The van der Waals surface area contributed by atoms with E-state index in [1.165, 1.54) is 21.5 Å². The zero-order valence-electron chi connectivity index (χ0n) is 12.0. The maximum Gasteiger partial charge on any atom is 4.00 e. The van der Waals surface area contributed by atoms with Crippen LogP contribution in [-0.4, -0.2) is 0 Å². The summed E-state index contributed by atoms with van der Waals surface area (Å²) in [5, 5.41) is 5.32. The molecule has 21 heavy (non-hydrogen) atoms. The summed E-state index contributed by atoms with van der Waals surface area (Å²) < 4.78 is 0. The van der Waals surface area contributed by atoms with Crippen LogP contribution in [0.4, 0.5) is 0 Å². The van der Waals surface area contributed by atoms with E-state index in [1.54, 1.807) is 0 Å². The van der Waals surface area contributed by atoms with E-state index in [1.807, 2.05) is 0 Å². The minimum absolute atomic E-state index is 0. The van der Waals surface area contributed by atoms with Crippen molar-refractivity contribution in [2.24, 2.45) is 0 Å². The molecule has 0 bridgehead atoms. The maximum absolute atomic E-state index is 3.00. The van der Waals surface area contributed by atoms with Gasteiger partial charge in [-0.3, -0.25) is 0 Å². The summed E-state index contributed by atoms with van der Waals surface area (Å²) in [7, 11) is 0. The van der Waals surface area contributed by atoms with Crippen molar-refractivity contribution in [1.29, 1.82) is 0 Å². The Kier molecular flexibility index (Phi) is 7.46. The van der Waals surface area contributed by atoms with Crippen LogP contribution in [0.5, 0.6) is 0 Å². The second-order valence-electron chi connectivity index (χ2n) is 4.31. The fraction of sp³-hybridized carbons (Fsp3) is 0. The third-order valence-corrected chi connectivity index (χ3v) is 3.10. The Bertz CT molecular complexity index is 635. The van der Waals surface area contributed by atoms with Gasteiger partial charge in [0.15, 0.2) is 0 Å². The van der Waals surface area contributed by atoms with Crippen molar-refractivity contribution in [1.82, 2.24) is 0 Å². The predicted molar refractivity (Wildman–Crippen MR) is 90.3 cm³/mol. The zero-order valence-corrected chi connectivity index (χ0v) is 13.6. The molecule has 4 rings (SSSR count). The molecule has 0 aliphatic heterocycles. The molecule has 100 valence electrons. The monoisotopic (exact) mass is 306 g/mol. The molecule has 0 aromatic heterocycles. The van der Waals surface area contributed by atoms with E-state index < -0.39 is 0 Å². The van der Waals surface area contributed by atoms with E-state index in [4.69, 9.17) is 0 Å². The molecular formula is C20H18Ti+2. The van der Waals surface area contributed by atoms with Gasteiger partial charge in [0.1, 0.15) is 0 Å². The maximum atomic E-state index is 3.00. The van der Waals surface area contributed by atoms with E-state index in [9.17, 15) is 0 Å². The molecule has 0 nitrogen and oxygen atoms in total. The first kappa shape index (κ1) is 17.2. The average molecular weight is 306 g/mol. The van der Waals surface area contributed by atoms with Crippen molar-refractivity contribution in [2.75, 3.05) is 0 Å². The first-order valence-corrected chi connectivity index (χ1v) is 6.64. The van der Waals surface area contributed by atoms with Crippen LogP contribution >= 0.6 is 0 Å². The summed E-state index contributed by atoms with van der Waals surface area (Å²) in [4.78, 5) is 0. The third-order valence-electron chi connectivity index (χ3n) is 3.10. The van der Waals surface area contributed by atoms with Crippen LogP contribution in [0.3, 0.4) is 0 Å². The Hall–Kier alpha value is -1.89. The molecule has 0 aliphatic rings. The smallest absolute Gasteiger partial charge is 0.168 e. The normalized spacial score (nSPS) is 8.95. The molecule has 0 fully saturated rings. The summed E-state index contributed by atoms with van der Waals surface area (Å²) >= 11 is 0. The standard InChI is InChI=1S/2C9H7.C2H4.Ti/c2*1-2-5-9-7-3-6-8(9)4-1;1-2;/h2*1-7H;1-2H2;/q2*-1;;+4. The number of fused-ring (bicyclic) bond motifs is 2. The van der Waals surface area contributed by atoms with Gasteiger partial charge in [0.05, 0.1) is 0 Å². The molecular weight excluding hydrogens is 288 g/mol. The van der Waals surface area contributed by atoms with Crippen LogP contribution in [-0.2, 0) is 21.7 Å². The van der Waals surface area contributed by atoms with Gasteiger partial charge in [-0.05, 0) is 0 Å². The van der Waals surface area contributed by atoms with E-state index in [0.29, 0.717) is 0 Å². The molecule has 4 aromatic carbocycles. The van der Waals surface area contributed by atoms with Crippen LogP contribution in [0.25, 0.3) is 21.5 Å². The summed E-state index contributed by atoms with van der Waals surface area (Å²) in [6.07, 6.45) is 0. The fourth-order valence-corrected chi connectivity index (χ4v) is 2.14.